The van der Waals surface area contributed by atoms with E-state index in [0.717, 1.165) is 12.3 Å². The molecule has 1 N–H and O–H groups in total. The lowest BCUT2D eigenvalue weighted by Gasteiger charge is -2.11. The fraction of sp³-hybridized carbons (Fsp3) is 0.467. The van der Waals surface area contributed by atoms with Crippen molar-refractivity contribution in [3.05, 3.63) is 42.0 Å². The minimum Gasteiger partial charge on any atom is -0.379 e. The first-order valence-corrected chi connectivity index (χ1v) is 6.08. The zero-order chi connectivity index (χ0) is 12.0. The third kappa shape index (κ3) is 5.01. The Balaban J connectivity index is 2.42. The number of hydrogen-bond acceptors (Lipinski definition) is 1. The molecule has 0 radical (unpaired) electrons. The predicted molar refractivity (Wildman–Crippen MR) is 72.9 cm³/mol. The Kier molecular flexibility index (Phi) is 5.10. The normalized spacial score (nSPS) is 13.3. The van der Waals surface area contributed by atoms with Gasteiger partial charge < -0.3 is 5.32 Å². The van der Waals surface area contributed by atoms with Crippen LogP contribution in [0.3, 0.4) is 0 Å². The minimum absolute atomic E-state index is 0.390. The Bertz CT molecular complexity index is 322. The van der Waals surface area contributed by atoms with E-state index in [1.165, 1.54) is 11.3 Å². The molecule has 1 nitrogen and oxygen atoms in total. The van der Waals surface area contributed by atoms with Gasteiger partial charge in [-0.05, 0) is 38.3 Å². The molecule has 0 saturated heterocycles. The average Bonchev–Trinajstić information content (AvgIpc) is 2.21. The topological polar surface area (TPSA) is 12.0 Å². The van der Waals surface area contributed by atoms with Crippen LogP contribution < -0.4 is 5.32 Å². The highest BCUT2D eigenvalue weighted by atomic mass is 14.9. The smallest absolute Gasteiger partial charge is 0.0416 e. The molecule has 0 bridgehead atoms. The fourth-order valence-corrected chi connectivity index (χ4v) is 1.52. The molecule has 0 spiro atoms. The van der Waals surface area contributed by atoms with Crippen LogP contribution >= 0.6 is 0 Å². The molecule has 0 amide bonds. The number of rotatable bonds is 5. The molecular weight excluding hydrogens is 194 g/mol. The van der Waals surface area contributed by atoms with E-state index in [4.69, 9.17) is 0 Å². The molecule has 0 fully saturated rings. The van der Waals surface area contributed by atoms with Crippen LogP contribution in [-0.2, 0) is 0 Å². The molecule has 88 valence electrons. The van der Waals surface area contributed by atoms with Crippen molar-refractivity contribution < 1.29 is 0 Å². The average molecular weight is 217 g/mol. The van der Waals surface area contributed by atoms with Crippen molar-refractivity contribution in [2.45, 2.75) is 40.2 Å². The molecule has 1 heteroatoms. The van der Waals surface area contributed by atoms with Crippen molar-refractivity contribution in [1.82, 2.24) is 0 Å². The molecular formula is C15H23N. The predicted octanol–water partition coefficient (Wildman–Crippen LogP) is 4.40. The van der Waals surface area contributed by atoms with Crippen molar-refractivity contribution in [3.8, 4) is 0 Å². The summed E-state index contributed by atoms with van der Waals surface area (Å²) in [6, 6.07) is 8.91. The van der Waals surface area contributed by atoms with Gasteiger partial charge in [-0.1, -0.05) is 43.7 Å². The third-order valence-electron chi connectivity index (χ3n) is 2.48. The van der Waals surface area contributed by atoms with Gasteiger partial charge in [0.25, 0.3) is 0 Å². The molecule has 1 aromatic carbocycles. The fourth-order valence-electron chi connectivity index (χ4n) is 1.52. The molecule has 1 aromatic rings. The van der Waals surface area contributed by atoms with E-state index in [-0.39, 0.29) is 0 Å². The second-order valence-corrected chi connectivity index (χ2v) is 4.86. The number of aryl methyl sites for hydroxylation is 1. The summed E-state index contributed by atoms with van der Waals surface area (Å²) >= 11 is 0. The van der Waals surface area contributed by atoms with Crippen molar-refractivity contribution in [2.75, 3.05) is 5.32 Å². The van der Waals surface area contributed by atoms with Crippen LogP contribution in [0.2, 0.25) is 0 Å². The zero-order valence-electron chi connectivity index (χ0n) is 10.8. The molecule has 1 rings (SSSR count). The maximum Gasteiger partial charge on any atom is 0.0416 e. The van der Waals surface area contributed by atoms with E-state index in [0.29, 0.717) is 6.04 Å². The van der Waals surface area contributed by atoms with Crippen LogP contribution in [0.15, 0.2) is 36.4 Å². The van der Waals surface area contributed by atoms with Crippen LogP contribution in [-0.4, -0.2) is 6.04 Å². The lowest BCUT2D eigenvalue weighted by atomic mass is 10.1. The summed E-state index contributed by atoms with van der Waals surface area (Å²) in [6.07, 6.45) is 5.65. The highest BCUT2D eigenvalue weighted by Gasteiger charge is 1.97. The van der Waals surface area contributed by atoms with E-state index in [1.807, 2.05) is 0 Å². The van der Waals surface area contributed by atoms with E-state index in [1.54, 1.807) is 0 Å². The molecule has 0 aliphatic rings. The Hall–Kier alpha value is -1.24. The van der Waals surface area contributed by atoms with Crippen LogP contribution in [0.5, 0.6) is 0 Å². The Morgan fingerprint density at radius 3 is 2.31 bits per heavy atom. The van der Waals surface area contributed by atoms with Gasteiger partial charge in [-0.25, -0.2) is 0 Å². The summed E-state index contributed by atoms with van der Waals surface area (Å²) in [7, 11) is 0. The minimum atomic E-state index is 0.390. The van der Waals surface area contributed by atoms with Crippen LogP contribution in [0.1, 0.15) is 32.8 Å². The van der Waals surface area contributed by atoms with Crippen LogP contribution in [0.25, 0.3) is 0 Å². The quantitative estimate of drug-likeness (QED) is 0.721. The first-order valence-electron chi connectivity index (χ1n) is 6.08. The number of allylic oxidation sites excluding steroid dienone is 1. The highest BCUT2D eigenvalue weighted by Crippen LogP contribution is 2.10. The summed E-state index contributed by atoms with van der Waals surface area (Å²) in [6.45, 7) is 8.76. The molecule has 1 unspecified atom stereocenters. The molecule has 16 heavy (non-hydrogen) atoms. The highest BCUT2D eigenvalue weighted by molar-refractivity contribution is 5.45. The van der Waals surface area contributed by atoms with Gasteiger partial charge in [0.2, 0.25) is 0 Å². The van der Waals surface area contributed by atoms with E-state index >= 15 is 0 Å². The molecule has 0 aliphatic heterocycles. The van der Waals surface area contributed by atoms with Gasteiger partial charge in [0.1, 0.15) is 0 Å². The number of anilines is 1. The van der Waals surface area contributed by atoms with Crippen LogP contribution in [0.4, 0.5) is 5.69 Å². The SMILES string of the molecule is Cc1ccc(NC(C)/C=C/CC(C)C)cc1. The Labute approximate surface area is 99.6 Å². The summed E-state index contributed by atoms with van der Waals surface area (Å²) in [5.41, 5.74) is 2.49. The Morgan fingerprint density at radius 1 is 1.12 bits per heavy atom. The van der Waals surface area contributed by atoms with Gasteiger partial charge in [-0.2, -0.15) is 0 Å². The second-order valence-electron chi connectivity index (χ2n) is 4.86. The number of benzene rings is 1. The molecule has 0 aromatic heterocycles. The second kappa shape index (κ2) is 6.37. The first-order chi connectivity index (χ1) is 7.58. The van der Waals surface area contributed by atoms with Gasteiger partial charge in [0.15, 0.2) is 0 Å². The van der Waals surface area contributed by atoms with Gasteiger partial charge >= 0.3 is 0 Å². The largest absolute Gasteiger partial charge is 0.379 e. The molecule has 0 heterocycles. The van der Waals surface area contributed by atoms with E-state index in [2.05, 4.69) is 69.4 Å². The third-order valence-corrected chi connectivity index (χ3v) is 2.48. The summed E-state index contributed by atoms with van der Waals surface area (Å²) in [4.78, 5) is 0. The van der Waals surface area contributed by atoms with Crippen LogP contribution in [0, 0.1) is 12.8 Å². The van der Waals surface area contributed by atoms with Gasteiger partial charge in [-0.15, -0.1) is 0 Å². The maximum atomic E-state index is 3.46. The van der Waals surface area contributed by atoms with Crippen molar-refractivity contribution in [3.63, 3.8) is 0 Å². The monoisotopic (exact) mass is 217 g/mol. The lowest BCUT2D eigenvalue weighted by molar-refractivity contribution is 0.662. The van der Waals surface area contributed by atoms with Crippen molar-refractivity contribution in [2.24, 2.45) is 5.92 Å². The summed E-state index contributed by atoms with van der Waals surface area (Å²) in [5, 5.41) is 3.46. The molecule has 0 saturated carbocycles. The molecule has 0 aliphatic carbocycles. The maximum absolute atomic E-state index is 3.46. The van der Waals surface area contributed by atoms with E-state index < -0.39 is 0 Å². The zero-order valence-corrected chi connectivity index (χ0v) is 10.8. The Morgan fingerprint density at radius 2 is 1.75 bits per heavy atom. The lowest BCUT2D eigenvalue weighted by Crippen LogP contribution is -2.11. The van der Waals surface area contributed by atoms with Gasteiger partial charge in [0, 0.05) is 11.7 Å². The van der Waals surface area contributed by atoms with Crippen molar-refractivity contribution in [1.29, 1.82) is 0 Å². The first kappa shape index (κ1) is 12.8. The number of hydrogen-bond donors (Lipinski definition) is 1. The summed E-state index contributed by atoms with van der Waals surface area (Å²) in [5.74, 6) is 0.739. The van der Waals surface area contributed by atoms with Crippen molar-refractivity contribution >= 4 is 5.69 Å². The van der Waals surface area contributed by atoms with Gasteiger partial charge in [0.05, 0.1) is 0 Å². The van der Waals surface area contributed by atoms with Gasteiger partial charge in [-0.3, -0.25) is 0 Å². The standard InChI is InChI=1S/C15H23N/c1-12(2)6-5-7-14(4)16-15-10-8-13(3)9-11-15/h5,7-12,14,16H,6H2,1-4H3/b7-5+. The number of nitrogens with one attached hydrogen (secondary N) is 1. The molecule has 1 atom stereocenters. The summed E-state index contributed by atoms with van der Waals surface area (Å²) < 4.78 is 0. The van der Waals surface area contributed by atoms with E-state index in [9.17, 15) is 0 Å².